The molecule has 3 rings (SSSR count). The summed E-state index contributed by atoms with van der Waals surface area (Å²) in [7, 11) is 0. The van der Waals surface area contributed by atoms with Crippen molar-refractivity contribution in [1.82, 2.24) is 5.32 Å². The number of benzene rings is 2. The molecule has 0 aliphatic carbocycles. The second kappa shape index (κ2) is 10.1. The third-order valence-corrected chi connectivity index (χ3v) is 4.20. The van der Waals surface area contributed by atoms with E-state index in [1.54, 1.807) is 36.4 Å². The maximum absolute atomic E-state index is 12.7. The number of carbonyl (C=O) groups excluding carboxylic acids is 2. The van der Waals surface area contributed by atoms with Gasteiger partial charge in [0.05, 0.1) is 11.5 Å². The molecule has 1 heterocycles. The molecule has 136 valence electrons. The Morgan fingerprint density at radius 3 is 1.68 bits per heavy atom. The van der Waals surface area contributed by atoms with Crippen molar-refractivity contribution in [3.05, 3.63) is 81.9 Å². The van der Waals surface area contributed by atoms with Gasteiger partial charge in [-0.1, -0.05) is 36.4 Å². The average molecular weight is 401 g/mol. The summed E-state index contributed by atoms with van der Waals surface area (Å²) < 4.78 is 0. The number of hydrogen-bond donors (Lipinski definition) is 2. The minimum Gasteiger partial charge on any atom is -0.545 e. The molecule has 0 spiro atoms. The van der Waals surface area contributed by atoms with E-state index < -0.39 is 11.9 Å². The van der Waals surface area contributed by atoms with Crippen LogP contribution in [0.15, 0.2) is 59.7 Å². The summed E-state index contributed by atoms with van der Waals surface area (Å²) in [5.74, 6) is -2.34. The van der Waals surface area contributed by atoms with Gasteiger partial charge in [0.2, 0.25) is 0 Å². The molecular formula is C21H16KNO5. The fourth-order valence-corrected chi connectivity index (χ4v) is 2.77. The van der Waals surface area contributed by atoms with E-state index in [2.05, 4.69) is 5.32 Å². The van der Waals surface area contributed by atoms with Gasteiger partial charge in [0.25, 0.3) is 0 Å². The molecule has 6 nitrogen and oxygen atoms in total. The molecule has 1 fully saturated rings. The van der Waals surface area contributed by atoms with E-state index in [1.807, 2.05) is 0 Å². The van der Waals surface area contributed by atoms with E-state index in [0.717, 1.165) is 11.1 Å². The normalized spacial score (nSPS) is 16.6. The second-order valence-electron chi connectivity index (χ2n) is 6.11. The number of nitrogens with one attached hydrogen (secondary N) is 1. The molecule has 0 aromatic heterocycles. The van der Waals surface area contributed by atoms with Crippen LogP contribution in [0.4, 0.5) is 0 Å². The zero-order valence-corrected chi connectivity index (χ0v) is 18.4. The van der Waals surface area contributed by atoms with E-state index in [9.17, 15) is 19.5 Å². The Balaban J connectivity index is 0.00000280. The van der Waals surface area contributed by atoms with Gasteiger partial charge < -0.3 is 20.3 Å². The maximum atomic E-state index is 12.7. The van der Waals surface area contributed by atoms with Crippen LogP contribution in [-0.2, 0) is 4.79 Å². The van der Waals surface area contributed by atoms with E-state index >= 15 is 0 Å². The van der Waals surface area contributed by atoms with Crippen molar-refractivity contribution in [2.45, 2.75) is 0 Å². The molecule has 28 heavy (non-hydrogen) atoms. The van der Waals surface area contributed by atoms with Crippen molar-refractivity contribution >= 4 is 29.9 Å². The summed E-state index contributed by atoms with van der Waals surface area (Å²) in [6, 6.07) is 12.4. The molecule has 7 heteroatoms. The van der Waals surface area contributed by atoms with Crippen molar-refractivity contribution in [2.75, 3.05) is 13.1 Å². The van der Waals surface area contributed by atoms with Crippen molar-refractivity contribution in [2.24, 2.45) is 0 Å². The summed E-state index contributed by atoms with van der Waals surface area (Å²) in [5.41, 5.74) is 2.86. The van der Waals surface area contributed by atoms with Crippen LogP contribution in [0.1, 0.15) is 31.8 Å². The Bertz CT molecular complexity index is 882. The van der Waals surface area contributed by atoms with Gasteiger partial charge in [0.1, 0.15) is 0 Å². The van der Waals surface area contributed by atoms with Crippen molar-refractivity contribution in [1.29, 1.82) is 0 Å². The smallest absolute Gasteiger partial charge is 0.545 e. The zero-order valence-electron chi connectivity index (χ0n) is 15.3. The Hall–Kier alpha value is -1.87. The first kappa shape index (κ1) is 22.4. The maximum Gasteiger partial charge on any atom is 1.00 e. The topological polar surface area (TPSA) is 107 Å². The van der Waals surface area contributed by atoms with Crippen molar-refractivity contribution in [3.63, 3.8) is 0 Å². The van der Waals surface area contributed by atoms with E-state index in [0.29, 0.717) is 24.2 Å². The van der Waals surface area contributed by atoms with Crippen LogP contribution in [0.25, 0.3) is 12.2 Å². The van der Waals surface area contributed by atoms with Crippen LogP contribution in [0.5, 0.6) is 0 Å². The minimum atomic E-state index is -1.25. The summed E-state index contributed by atoms with van der Waals surface area (Å²) in [6.45, 7) is 0.830. The fourth-order valence-electron chi connectivity index (χ4n) is 2.77. The zero-order chi connectivity index (χ0) is 19.4. The third-order valence-electron chi connectivity index (χ3n) is 4.20. The van der Waals surface area contributed by atoms with Crippen LogP contribution in [0.2, 0.25) is 0 Å². The van der Waals surface area contributed by atoms with E-state index in [-0.39, 0.29) is 68.3 Å². The quantitative estimate of drug-likeness (QED) is 0.472. The molecule has 0 saturated carbocycles. The number of Topliss-reactive ketones (excluding diaryl/α,β-unsaturated/α-hetero) is 1. The molecule has 0 unspecified atom stereocenters. The Kier molecular flexibility index (Phi) is 8.05. The first-order valence-corrected chi connectivity index (χ1v) is 8.25. The van der Waals surface area contributed by atoms with Gasteiger partial charge in [-0.25, -0.2) is 4.79 Å². The van der Waals surface area contributed by atoms with Crippen molar-refractivity contribution < 1.29 is 76.0 Å². The summed E-state index contributed by atoms with van der Waals surface area (Å²) >= 11 is 0. The molecule has 0 bridgehead atoms. The molecule has 0 atom stereocenters. The van der Waals surface area contributed by atoms with E-state index in [4.69, 9.17) is 5.11 Å². The number of aromatic carboxylic acids is 2. The first-order chi connectivity index (χ1) is 12.9. The van der Waals surface area contributed by atoms with Crippen LogP contribution in [0.3, 0.4) is 0 Å². The summed E-state index contributed by atoms with van der Waals surface area (Å²) in [6.07, 6.45) is 3.45. The number of rotatable bonds is 4. The summed E-state index contributed by atoms with van der Waals surface area (Å²) in [4.78, 5) is 34.4. The standard InChI is InChI=1S/C21H17NO5.K/c23-19-17(9-13-1-5-15(6-2-13)20(24)25)11-22-12-18(19)10-14-3-7-16(8-4-14)21(26)27;/h1-10,22H,11-12H2,(H,24,25)(H,26,27);/q;+1/p-1/b17-9+,18-10+;. The van der Waals surface area contributed by atoms with Crippen molar-refractivity contribution in [3.8, 4) is 0 Å². The molecule has 2 aromatic carbocycles. The third kappa shape index (κ3) is 5.57. The van der Waals surface area contributed by atoms with Gasteiger partial charge in [0.15, 0.2) is 5.78 Å². The Morgan fingerprint density at radius 1 is 0.857 bits per heavy atom. The molecule has 1 aliphatic rings. The van der Waals surface area contributed by atoms with Crippen LogP contribution >= 0.6 is 0 Å². The molecule has 0 radical (unpaired) electrons. The number of carbonyl (C=O) groups is 3. The monoisotopic (exact) mass is 401 g/mol. The van der Waals surface area contributed by atoms with Crippen LogP contribution in [-0.4, -0.2) is 35.9 Å². The van der Waals surface area contributed by atoms with Crippen LogP contribution < -0.4 is 61.8 Å². The predicted molar refractivity (Wildman–Crippen MR) is 98.0 cm³/mol. The number of hydrogen-bond acceptors (Lipinski definition) is 5. The SMILES string of the molecule is O=C1/C(=C/c2ccc(C(=O)[O-])cc2)CNC/C1=C\c1ccc(C(=O)O)cc1.[K+]. The number of carboxylic acids is 2. The fraction of sp³-hybridized carbons (Fsp3) is 0.0952. The molecular weight excluding hydrogens is 385 g/mol. The molecule has 1 saturated heterocycles. The second-order valence-corrected chi connectivity index (χ2v) is 6.11. The Labute approximate surface area is 204 Å². The van der Waals surface area contributed by atoms with Gasteiger partial charge >= 0.3 is 57.4 Å². The van der Waals surface area contributed by atoms with Gasteiger partial charge in [0, 0.05) is 24.2 Å². The number of piperidine rings is 1. The average Bonchev–Trinajstić information content (AvgIpc) is 2.66. The predicted octanol–water partition coefficient (Wildman–Crippen LogP) is -1.61. The summed E-state index contributed by atoms with van der Waals surface area (Å²) in [5, 5.41) is 22.9. The minimum absolute atomic E-state index is 0. The Morgan fingerprint density at radius 2 is 1.29 bits per heavy atom. The first-order valence-electron chi connectivity index (χ1n) is 8.25. The molecule has 2 N–H and O–H groups in total. The number of carboxylic acid groups (broad SMARTS) is 2. The van der Waals surface area contributed by atoms with Gasteiger partial charge in [-0.15, -0.1) is 0 Å². The molecule has 2 aromatic rings. The van der Waals surface area contributed by atoms with Gasteiger partial charge in [-0.2, -0.15) is 0 Å². The largest absolute Gasteiger partial charge is 1.00 e. The molecule has 0 amide bonds. The molecule has 1 aliphatic heterocycles. The van der Waals surface area contributed by atoms with E-state index in [1.165, 1.54) is 24.3 Å². The van der Waals surface area contributed by atoms with Crippen LogP contribution in [0, 0.1) is 0 Å². The number of ketones is 1. The van der Waals surface area contributed by atoms with Gasteiger partial charge in [-0.3, -0.25) is 4.79 Å². The van der Waals surface area contributed by atoms with Gasteiger partial charge in [-0.05, 0) is 41.0 Å².